The second-order valence-electron chi connectivity index (χ2n) is 4.24. The van der Waals surface area contributed by atoms with Gasteiger partial charge in [-0.05, 0) is 11.1 Å². The van der Waals surface area contributed by atoms with Crippen molar-refractivity contribution in [2.75, 3.05) is 13.2 Å². The van der Waals surface area contributed by atoms with Crippen LogP contribution in [0.25, 0.3) is 0 Å². The van der Waals surface area contributed by atoms with Gasteiger partial charge in [-0.15, -0.1) is 0 Å². The Morgan fingerprint density at radius 3 is 2.35 bits per heavy atom. The fourth-order valence-electron chi connectivity index (χ4n) is 1.46. The number of nitrogens with one attached hydrogen (secondary N) is 1. The first-order valence-electron chi connectivity index (χ1n) is 6.10. The van der Waals surface area contributed by atoms with E-state index in [1.54, 1.807) is 24.3 Å². The number of rotatable bonds is 7. The minimum absolute atomic E-state index is 0.0979. The Hall–Kier alpha value is -1.60. The summed E-state index contributed by atoms with van der Waals surface area (Å²) in [4.78, 5) is 11.2. The van der Waals surface area contributed by atoms with Crippen LogP contribution in [0.2, 0.25) is 0 Å². The molecule has 112 valence electrons. The first kappa shape index (κ1) is 16.5. The van der Waals surface area contributed by atoms with Gasteiger partial charge in [-0.3, -0.25) is 4.79 Å². The van der Waals surface area contributed by atoms with Gasteiger partial charge in [0.25, 0.3) is 0 Å². The van der Waals surface area contributed by atoms with Crippen molar-refractivity contribution in [1.82, 2.24) is 5.32 Å². The van der Waals surface area contributed by atoms with Crippen LogP contribution in [0.15, 0.2) is 24.3 Å². The number of ether oxygens (including phenoxy) is 1. The molecule has 0 saturated carbocycles. The Bertz CT molecular complexity index is 419. The minimum atomic E-state index is -4.31. The Balaban J connectivity index is 2.35. The minimum Gasteiger partial charge on any atom is -0.367 e. The molecule has 7 heteroatoms. The quantitative estimate of drug-likeness (QED) is 0.804. The zero-order valence-corrected chi connectivity index (χ0v) is 10.9. The van der Waals surface area contributed by atoms with E-state index < -0.39 is 12.8 Å². The maximum Gasteiger partial charge on any atom is 0.411 e. The first-order chi connectivity index (χ1) is 9.40. The molecule has 0 aliphatic carbocycles. The van der Waals surface area contributed by atoms with Gasteiger partial charge in [-0.1, -0.05) is 24.3 Å². The number of hydrogen-bond acceptors (Lipinski definition) is 3. The van der Waals surface area contributed by atoms with Crippen molar-refractivity contribution in [3.8, 4) is 0 Å². The summed E-state index contributed by atoms with van der Waals surface area (Å²) in [5, 5.41) is 2.68. The molecule has 0 aliphatic heterocycles. The highest BCUT2D eigenvalue weighted by molar-refractivity contribution is 5.75. The Kier molecular flexibility index (Phi) is 6.47. The van der Waals surface area contributed by atoms with Crippen molar-refractivity contribution in [2.24, 2.45) is 5.73 Å². The van der Waals surface area contributed by atoms with E-state index in [1.165, 1.54) is 0 Å². The van der Waals surface area contributed by atoms with E-state index in [2.05, 4.69) is 10.1 Å². The highest BCUT2D eigenvalue weighted by Gasteiger charge is 2.27. The van der Waals surface area contributed by atoms with Gasteiger partial charge in [-0.25, -0.2) is 0 Å². The lowest BCUT2D eigenvalue weighted by Crippen LogP contribution is -2.24. The average molecular weight is 290 g/mol. The van der Waals surface area contributed by atoms with Crippen LogP contribution in [0.5, 0.6) is 0 Å². The second kappa shape index (κ2) is 7.86. The highest BCUT2D eigenvalue weighted by atomic mass is 19.4. The number of halogens is 3. The lowest BCUT2D eigenvalue weighted by atomic mass is 10.1. The summed E-state index contributed by atoms with van der Waals surface area (Å²) in [6.07, 6.45) is -4.05. The lowest BCUT2D eigenvalue weighted by Gasteiger charge is -2.08. The van der Waals surface area contributed by atoms with Crippen molar-refractivity contribution in [2.45, 2.75) is 25.7 Å². The van der Waals surface area contributed by atoms with E-state index in [0.717, 1.165) is 5.56 Å². The SMILES string of the molecule is NCCC(=O)NCc1ccc(COCC(F)(F)F)cc1. The van der Waals surface area contributed by atoms with Crippen molar-refractivity contribution >= 4 is 5.91 Å². The molecule has 0 aliphatic rings. The van der Waals surface area contributed by atoms with Crippen LogP contribution in [0.1, 0.15) is 17.5 Å². The molecule has 1 rings (SSSR count). The summed E-state index contributed by atoms with van der Waals surface area (Å²) in [5.41, 5.74) is 6.74. The summed E-state index contributed by atoms with van der Waals surface area (Å²) in [6, 6.07) is 6.80. The fraction of sp³-hybridized carbons (Fsp3) is 0.462. The molecular weight excluding hydrogens is 273 g/mol. The molecule has 3 N–H and O–H groups in total. The standard InChI is InChI=1S/C13H17F3N2O2/c14-13(15,16)9-20-8-11-3-1-10(2-4-11)7-18-12(19)5-6-17/h1-4H,5-9,17H2,(H,18,19). The van der Waals surface area contributed by atoms with Crippen LogP contribution in [0.3, 0.4) is 0 Å². The summed E-state index contributed by atoms with van der Waals surface area (Å²) in [6.45, 7) is -0.701. The average Bonchev–Trinajstić information content (AvgIpc) is 2.37. The molecule has 0 saturated heterocycles. The lowest BCUT2D eigenvalue weighted by molar-refractivity contribution is -0.176. The number of alkyl halides is 3. The summed E-state index contributed by atoms with van der Waals surface area (Å²) in [7, 11) is 0. The number of nitrogens with two attached hydrogens (primary N) is 1. The van der Waals surface area contributed by atoms with Crippen LogP contribution in [0.4, 0.5) is 13.2 Å². The van der Waals surface area contributed by atoms with E-state index in [4.69, 9.17) is 5.73 Å². The van der Waals surface area contributed by atoms with Gasteiger partial charge in [-0.2, -0.15) is 13.2 Å². The maximum atomic E-state index is 11.9. The zero-order chi connectivity index (χ0) is 15.0. The molecular formula is C13H17F3N2O2. The van der Waals surface area contributed by atoms with Gasteiger partial charge in [0, 0.05) is 19.5 Å². The van der Waals surface area contributed by atoms with Gasteiger partial charge in [0.1, 0.15) is 6.61 Å². The van der Waals surface area contributed by atoms with E-state index in [9.17, 15) is 18.0 Å². The maximum absolute atomic E-state index is 11.9. The number of carbonyl (C=O) groups excluding carboxylic acids is 1. The molecule has 1 amide bonds. The molecule has 0 heterocycles. The summed E-state index contributed by atoms with van der Waals surface area (Å²) in [5.74, 6) is -0.134. The molecule has 0 atom stereocenters. The van der Waals surface area contributed by atoms with E-state index >= 15 is 0 Å². The highest BCUT2D eigenvalue weighted by Crippen LogP contribution is 2.15. The van der Waals surface area contributed by atoms with Crippen LogP contribution < -0.4 is 11.1 Å². The molecule has 0 bridgehead atoms. The van der Waals surface area contributed by atoms with Crippen LogP contribution in [-0.2, 0) is 22.7 Å². The normalized spacial score (nSPS) is 11.4. The van der Waals surface area contributed by atoms with Crippen LogP contribution in [0, 0.1) is 0 Å². The van der Waals surface area contributed by atoms with Crippen LogP contribution in [-0.4, -0.2) is 25.2 Å². The van der Waals surface area contributed by atoms with Gasteiger partial charge >= 0.3 is 6.18 Å². The molecule has 0 unspecified atom stereocenters. The molecule has 4 nitrogen and oxygen atoms in total. The third-order valence-electron chi connectivity index (χ3n) is 2.42. The molecule has 20 heavy (non-hydrogen) atoms. The Morgan fingerprint density at radius 2 is 1.80 bits per heavy atom. The third kappa shape index (κ3) is 7.10. The number of carbonyl (C=O) groups is 1. The largest absolute Gasteiger partial charge is 0.411 e. The summed E-state index contributed by atoms with van der Waals surface area (Å²) >= 11 is 0. The second-order valence-corrected chi connectivity index (χ2v) is 4.24. The monoisotopic (exact) mass is 290 g/mol. The Morgan fingerprint density at radius 1 is 1.20 bits per heavy atom. The van der Waals surface area contributed by atoms with Gasteiger partial charge in [0.05, 0.1) is 6.61 Å². The molecule has 0 fully saturated rings. The number of hydrogen-bond donors (Lipinski definition) is 2. The van der Waals surface area contributed by atoms with Crippen molar-refractivity contribution in [3.05, 3.63) is 35.4 Å². The molecule has 0 aromatic heterocycles. The third-order valence-corrected chi connectivity index (χ3v) is 2.42. The zero-order valence-electron chi connectivity index (χ0n) is 10.9. The fourth-order valence-corrected chi connectivity index (χ4v) is 1.46. The predicted octanol–water partition coefficient (Wildman–Crippen LogP) is 1.73. The molecule has 0 radical (unpaired) electrons. The van der Waals surface area contributed by atoms with Gasteiger partial charge < -0.3 is 15.8 Å². The molecule has 0 spiro atoms. The predicted molar refractivity (Wildman–Crippen MR) is 67.7 cm³/mol. The first-order valence-corrected chi connectivity index (χ1v) is 6.10. The topological polar surface area (TPSA) is 64.4 Å². The van der Waals surface area contributed by atoms with E-state index in [1.807, 2.05) is 0 Å². The number of benzene rings is 1. The van der Waals surface area contributed by atoms with Gasteiger partial charge in [0.2, 0.25) is 5.91 Å². The molecule has 1 aromatic carbocycles. The van der Waals surface area contributed by atoms with E-state index in [-0.39, 0.29) is 18.9 Å². The van der Waals surface area contributed by atoms with Crippen LogP contribution >= 0.6 is 0 Å². The van der Waals surface area contributed by atoms with Crippen molar-refractivity contribution in [1.29, 1.82) is 0 Å². The smallest absolute Gasteiger partial charge is 0.367 e. The molecule has 1 aromatic rings. The Labute approximate surface area is 115 Å². The number of amides is 1. The van der Waals surface area contributed by atoms with Crippen molar-refractivity contribution in [3.63, 3.8) is 0 Å². The van der Waals surface area contributed by atoms with Gasteiger partial charge in [0.15, 0.2) is 0 Å². The summed E-state index contributed by atoms with van der Waals surface area (Å²) < 4.78 is 40.2. The van der Waals surface area contributed by atoms with E-state index in [0.29, 0.717) is 18.7 Å². The van der Waals surface area contributed by atoms with Crippen molar-refractivity contribution < 1.29 is 22.7 Å².